The number of para-hydroxylation sites is 1. The molecule has 0 saturated carbocycles. The number of hydrogen-bond acceptors (Lipinski definition) is 3. The monoisotopic (exact) mass is 391 g/mol. The van der Waals surface area contributed by atoms with Crippen molar-refractivity contribution < 1.29 is 9.69 Å². The Morgan fingerprint density at radius 3 is 2.77 bits per heavy atom. The van der Waals surface area contributed by atoms with Gasteiger partial charge in [-0.3, -0.25) is 9.59 Å². The van der Waals surface area contributed by atoms with Crippen molar-refractivity contribution in [2.75, 3.05) is 18.9 Å². The highest BCUT2D eigenvalue weighted by molar-refractivity contribution is 6.43. The van der Waals surface area contributed by atoms with Gasteiger partial charge in [0.1, 0.15) is 6.54 Å². The highest BCUT2D eigenvalue weighted by Crippen LogP contribution is 2.29. The summed E-state index contributed by atoms with van der Waals surface area (Å²) in [7, 11) is 1.84. The van der Waals surface area contributed by atoms with E-state index in [1.807, 2.05) is 13.1 Å². The molecule has 3 aromatic rings. The molecule has 6 nitrogen and oxygen atoms in total. The van der Waals surface area contributed by atoms with Crippen molar-refractivity contribution in [1.29, 1.82) is 0 Å². The van der Waals surface area contributed by atoms with Crippen LogP contribution in [-0.2, 0) is 11.3 Å². The van der Waals surface area contributed by atoms with E-state index in [2.05, 4.69) is 15.3 Å². The summed E-state index contributed by atoms with van der Waals surface area (Å²) in [6.45, 7) is 0.580. The summed E-state index contributed by atoms with van der Waals surface area (Å²) in [6.07, 6.45) is 0. The first-order chi connectivity index (χ1) is 12.4. The van der Waals surface area contributed by atoms with Crippen molar-refractivity contribution in [3.63, 3.8) is 0 Å². The summed E-state index contributed by atoms with van der Waals surface area (Å²) in [5, 5.41) is 3.97. The average molecular weight is 392 g/mol. The van der Waals surface area contributed by atoms with Crippen LogP contribution in [0.25, 0.3) is 10.9 Å². The fourth-order valence-corrected chi connectivity index (χ4v) is 2.98. The molecule has 134 valence electrons. The number of aromatic nitrogens is 2. The smallest absolute Gasteiger partial charge is 0.279 e. The molecular weight excluding hydrogens is 375 g/mol. The van der Waals surface area contributed by atoms with E-state index >= 15 is 0 Å². The number of aromatic amines is 1. The summed E-state index contributed by atoms with van der Waals surface area (Å²) < 4.78 is 0. The molecule has 1 unspecified atom stereocenters. The second-order valence-electron chi connectivity index (χ2n) is 5.99. The zero-order chi connectivity index (χ0) is 18.7. The zero-order valence-corrected chi connectivity index (χ0v) is 15.5. The Morgan fingerprint density at radius 1 is 1.19 bits per heavy atom. The minimum atomic E-state index is -0.213. The Morgan fingerprint density at radius 2 is 1.96 bits per heavy atom. The van der Waals surface area contributed by atoms with Crippen LogP contribution in [0, 0.1) is 0 Å². The van der Waals surface area contributed by atoms with Gasteiger partial charge in [-0.1, -0.05) is 41.4 Å². The first-order valence-electron chi connectivity index (χ1n) is 7.97. The fourth-order valence-electron chi connectivity index (χ4n) is 2.64. The van der Waals surface area contributed by atoms with Crippen LogP contribution >= 0.6 is 23.2 Å². The molecule has 3 N–H and O–H groups in total. The molecule has 0 saturated heterocycles. The molecule has 0 radical (unpaired) electrons. The lowest BCUT2D eigenvalue weighted by molar-refractivity contribution is -0.885. The second-order valence-corrected chi connectivity index (χ2v) is 6.78. The number of carbonyl (C=O) groups is 1. The third kappa shape index (κ3) is 4.22. The standard InChI is InChI=1S/C18H16Cl2N4O2/c1-24(10-16(25)22-14-8-4-6-12(19)17(14)20)9-15-21-13-7-3-2-5-11(13)18(26)23-15/h2-8H,9-10H2,1H3,(H,22,25)(H,21,23,26)/p+1. The van der Waals surface area contributed by atoms with Crippen LogP contribution in [0.4, 0.5) is 5.69 Å². The van der Waals surface area contributed by atoms with Crippen LogP contribution in [0.3, 0.4) is 0 Å². The zero-order valence-electron chi connectivity index (χ0n) is 14.0. The molecule has 0 aliphatic rings. The summed E-state index contributed by atoms with van der Waals surface area (Å²) >= 11 is 12.0. The summed E-state index contributed by atoms with van der Waals surface area (Å²) in [5.74, 6) is 0.314. The summed E-state index contributed by atoms with van der Waals surface area (Å²) in [4.78, 5) is 32.4. The number of quaternary nitrogens is 1. The molecule has 1 aromatic heterocycles. The molecule has 1 atom stereocenters. The Hall–Kier alpha value is -2.41. The number of amides is 1. The highest BCUT2D eigenvalue weighted by atomic mass is 35.5. The minimum Gasteiger partial charge on any atom is -0.323 e. The Bertz CT molecular complexity index is 1020. The number of anilines is 1. The lowest BCUT2D eigenvalue weighted by Crippen LogP contribution is -3.08. The van der Waals surface area contributed by atoms with Crippen molar-refractivity contribution in [2.24, 2.45) is 0 Å². The number of benzene rings is 2. The minimum absolute atomic E-state index is 0.180. The van der Waals surface area contributed by atoms with E-state index in [1.165, 1.54) is 0 Å². The highest BCUT2D eigenvalue weighted by Gasteiger charge is 2.15. The maximum Gasteiger partial charge on any atom is 0.279 e. The maximum atomic E-state index is 12.2. The van der Waals surface area contributed by atoms with E-state index in [4.69, 9.17) is 23.2 Å². The predicted molar refractivity (Wildman–Crippen MR) is 103 cm³/mol. The van der Waals surface area contributed by atoms with Gasteiger partial charge < -0.3 is 15.2 Å². The number of rotatable bonds is 5. The Balaban J connectivity index is 1.67. The van der Waals surface area contributed by atoms with E-state index in [1.54, 1.807) is 36.4 Å². The van der Waals surface area contributed by atoms with Crippen LogP contribution in [0.15, 0.2) is 47.3 Å². The molecule has 0 aliphatic heterocycles. The molecule has 2 aromatic carbocycles. The van der Waals surface area contributed by atoms with Crippen LogP contribution in [0.5, 0.6) is 0 Å². The van der Waals surface area contributed by atoms with Gasteiger partial charge in [-0.2, -0.15) is 0 Å². The predicted octanol–water partition coefficient (Wildman–Crippen LogP) is 1.88. The third-order valence-electron chi connectivity index (χ3n) is 3.82. The van der Waals surface area contributed by atoms with Gasteiger partial charge >= 0.3 is 0 Å². The van der Waals surface area contributed by atoms with Crippen molar-refractivity contribution in [1.82, 2.24) is 9.97 Å². The van der Waals surface area contributed by atoms with Gasteiger partial charge in [0.15, 0.2) is 12.4 Å². The van der Waals surface area contributed by atoms with Crippen molar-refractivity contribution in [3.8, 4) is 0 Å². The molecule has 1 heterocycles. The topological polar surface area (TPSA) is 79.3 Å². The molecule has 8 heteroatoms. The Kier molecular flexibility index (Phi) is 5.56. The number of carbonyl (C=O) groups excluding carboxylic acids is 1. The van der Waals surface area contributed by atoms with Crippen molar-refractivity contribution >= 4 is 45.7 Å². The van der Waals surface area contributed by atoms with Crippen LogP contribution in [0.2, 0.25) is 10.0 Å². The van der Waals surface area contributed by atoms with Gasteiger partial charge in [-0.05, 0) is 24.3 Å². The average Bonchev–Trinajstić information content (AvgIpc) is 2.59. The lowest BCUT2D eigenvalue weighted by atomic mass is 10.2. The van der Waals surface area contributed by atoms with Crippen LogP contribution in [-0.4, -0.2) is 29.5 Å². The molecule has 0 fully saturated rings. The van der Waals surface area contributed by atoms with Gasteiger partial charge in [0, 0.05) is 0 Å². The quantitative estimate of drug-likeness (QED) is 0.621. The first-order valence-corrected chi connectivity index (χ1v) is 8.72. The van der Waals surface area contributed by atoms with Gasteiger partial charge in [-0.15, -0.1) is 0 Å². The van der Waals surface area contributed by atoms with E-state index in [-0.39, 0.29) is 18.0 Å². The first kappa shape index (κ1) is 18.4. The largest absolute Gasteiger partial charge is 0.323 e. The third-order valence-corrected chi connectivity index (χ3v) is 4.64. The molecular formula is C18H17Cl2N4O2+. The molecule has 3 rings (SSSR count). The van der Waals surface area contributed by atoms with Gasteiger partial charge in [0.05, 0.1) is 33.7 Å². The number of likely N-dealkylation sites (N-methyl/N-ethyl adjacent to an activating group) is 1. The molecule has 0 aliphatic carbocycles. The number of nitrogens with one attached hydrogen (secondary N) is 3. The van der Waals surface area contributed by atoms with E-state index in [9.17, 15) is 9.59 Å². The van der Waals surface area contributed by atoms with E-state index in [0.29, 0.717) is 39.0 Å². The molecule has 26 heavy (non-hydrogen) atoms. The number of nitrogens with zero attached hydrogens (tertiary/aromatic N) is 1. The SMILES string of the molecule is C[NH+](CC(=O)Nc1cccc(Cl)c1Cl)Cc1nc2ccccc2c(=O)[nH]1. The van der Waals surface area contributed by atoms with E-state index < -0.39 is 0 Å². The molecule has 1 amide bonds. The second kappa shape index (κ2) is 7.86. The van der Waals surface area contributed by atoms with Crippen LogP contribution in [0.1, 0.15) is 5.82 Å². The number of fused-ring (bicyclic) bond motifs is 1. The summed E-state index contributed by atoms with van der Waals surface area (Å²) in [6, 6.07) is 12.2. The van der Waals surface area contributed by atoms with Crippen molar-refractivity contribution in [2.45, 2.75) is 6.54 Å². The molecule has 0 bridgehead atoms. The van der Waals surface area contributed by atoms with E-state index in [0.717, 1.165) is 4.90 Å². The maximum absolute atomic E-state index is 12.2. The number of H-pyrrole nitrogens is 1. The van der Waals surface area contributed by atoms with Gasteiger partial charge in [0.25, 0.3) is 11.5 Å². The fraction of sp³-hybridized carbons (Fsp3) is 0.167. The van der Waals surface area contributed by atoms with Crippen LogP contribution < -0.4 is 15.8 Å². The van der Waals surface area contributed by atoms with Gasteiger partial charge in [-0.25, -0.2) is 4.98 Å². The normalized spacial score (nSPS) is 12.1. The van der Waals surface area contributed by atoms with Crippen molar-refractivity contribution in [3.05, 3.63) is 68.7 Å². The molecule has 0 spiro atoms. The number of halogens is 2. The Labute approximate surface area is 159 Å². The lowest BCUT2D eigenvalue weighted by Gasteiger charge is -2.14. The number of hydrogen-bond donors (Lipinski definition) is 3. The summed E-state index contributed by atoms with van der Waals surface area (Å²) in [5.41, 5.74) is 0.914. The van der Waals surface area contributed by atoms with Gasteiger partial charge in [0.2, 0.25) is 0 Å².